The molecule has 29 heavy (non-hydrogen) atoms. The van der Waals surface area contributed by atoms with Gasteiger partial charge in [-0.05, 0) is 56.5 Å². The lowest BCUT2D eigenvalue weighted by atomic mass is 10.1. The van der Waals surface area contributed by atoms with Gasteiger partial charge in [0.1, 0.15) is 28.4 Å². The van der Waals surface area contributed by atoms with Gasteiger partial charge in [-0.2, -0.15) is 0 Å². The van der Waals surface area contributed by atoms with Gasteiger partial charge in [0.15, 0.2) is 11.5 Å². The molecular weight excluding hydrogens is 412 g/mol. The minimum atomic E-state index is -0.345. The van der Waals surface area contributed by atoms with E-state index in [1.54, 1.807) is 17.8 Å². The topological polar surface area (TPSA) is 78.6 Å². The second kappa shape index (κ2) is 7.61. The minimum Gasteiger partial charge on any atom is -0.486 e. The van der Waals surface area contributed by atoms with Crippen LogP contribution in [0.2, 0.25) is 5.02 Å². The number of benzene rings is 1. The van der Waals surface area contributed by atoms with Crippen molar-refractivity contribution >= 4 is 44.8 Å². The molecule has 3 heterocycles. The molecule has 7 nitrogen and oxygen atoms in total. The van der Waals surface area contributed by atoms with Crippen molar-refractivity contribution in [1.82, 2.24) is 19.6 Å². The highest BCUT2D eigenvalue weighted by Gasteiger charge is 2.21. The maximum absolute atomic E-state index is 12.2. The Morgan fingerprint density at radius 3 is 2.66 bits per heavy atom. The Balaban J connectivity index is 1.67. The average Bonchev–Trinajstić information content (AvgIpc) is 3.25. The molecule has 150 valence electrons. The van der Waals surface area contributed by atoms with Gasteiger partial charge in [-0.1, -0.05) is 11.6 Å². The second-order valence-corrected chi connectivity index (χ2v) is 8.03. The molecule has 0 unspecified atom stereocenters. The van der Waals surface area contributed by atoms with Crippen molar-refractivity contribution in [2.45, 2.75) is 34.3 Å². The Morgan fingerprint density at radius 1 is 1.24 bits per heavy atom. The van der Waals surface area contributed by atoms with Crippen LogP contribution in [0.3, 0.4) is 0 Å². The third kappa shape index (κ3) is 3.54. The largest absolute Gasteiger partial charge is 0.486 e. The van der Waals surface area contributed by atoms with Gasteiger partial charge in [0.2, 0.25) is 0 Å². The van der Waals surface area contributed by atoms with Crippen LogP contribution in [0.1, 0.15) is 39.1 Å². The highest BCUT2D eigenvalue weighted by atomic mass is 35.5. The number of carbonyl (C=O) groups is 1. The Labute approximate surface area is 176 Å². The summed E-state index contributed by atoms with van der Waals surface area (Å²) in [4.78, 5) is 22.5. The van der Waals surface area contributed by atoms with Crippen LogP contribution >= 0.6 is 22.9 Å². The molecule has 0 aliphatic carbocycles. The van der Waals surface area contributed by atoms with E-state index in [4.69, 9.17) is 21.1 Å². The van der Waals surface area contributed by atoms with Gasteiger partial charge in [0.05, 0.1) is 12.0 Å². The number of hydrogen-bond acceptors (Lipinski definition) is 7. The number of ether oxygens (including phenoxy) is 2. The van der Waals surface area contributed by atoms with E-state index in [1.807, 2.05) is 32.9 Å². The Bertz CT molecular complexity index is 1220. The molecule has 1 aromatic carbocycles. The first-order valence-corrected chi connectivity index (χ1v) is 10.3. The van der Waals surface area contributed by atoms with Crippen molar-refractivity contribution in [3.63, 3.8) is 0 Å². The third-order valence-corrected chi connectivity index (χ3v) is 6.33. The number of thiophene rings is 1. The summed E-state index contributed by atoms with van der Waals surface area (Å²) < 4.78 is 12.6. The lowest BCUT2D eigenvalue weighted by Crippen LogP contribution is -2.03. The molecule has 0 N–H and O–H groups in total. The number of carbonyl (C=O) groups excluding carboxylic acids is 1. The zero-order valence-corrected chi connectivity index (χ0v) is 18.0. The van der Waals surface area contributed by atoms with Crippen LogP contribution in [0.25, 0.3) is 15.9 Å². The van der Waals surface area contributed by atoms with Crippen LogP contribution < -0.4 is 4.74 Å². The second-order valence-electron chi connectivity index (χ2n) is 6.66. The van der Waals surface area contributed by atoms with E-state index in [0.717, 1.165) is 31.9 Å². The number of esters is 1. The molecule has 0 atom stereocenters. The van der Waals surface area contributed by atoms with Crippen LogP contribution in [0.5, 0.6) is 5.75 Å². The summed E-state index contributed by atoms with van der Waals surface area (Å²) in [7, 11) is 0. The fourth-order valence-corrected chi connectivity index (χ4v) is 4.31. The SMILES string of the molecule is CCOC(=O)c1sc2ncn3nc(COc4cc(C)c(Cl)c(C)c4)nc3c2c1C. The summed E-state index contributed by atoms with van der Waals surface area (Å²) in [5, 5.41) is 5.99. The lowest BCUT2D eigenvalue weighted by molar-refractivity contribution is 0.0531. The van der Waals surface area contributed by atoms with Gasteiger partial charge in [-0.15, -0.1) is 16.4 Å². The molecule has 0 radical (unpaired) electrons. The summed E-state index contributed by atoms with van der Waals surface area (Å²) in [5.41, 5.74) is 3.35. The van der Waals surface area contributed by atoms with Gasteiger partial charge in [-0.3, -0.25) is 0 Å². The predicted molar refractivity (Wildman–Crippen MR) is 112 cm³/mol. The van der Waals surface area contributed by atoms with E-state index < -0.39 is 0 Å². The summed E-state index contributed by atoms with van der Waals surface area (Å²) in [6.45, 7) is 8.06. The van der Waals surface area contributed by atoms with Crippen molar-refractivity contribution in [1.29, 1.82) is 0 Å². The highest BCUT2D eigenvalue weighted by Crippen LogP contribution is 2.32. The summed E-state index contributed by atoms with van der Waals surface area (Å²) in [6, 6.07) is 3.78. The zero-order valence-electron chi connectivity index (χ0n) is 16.4. The minimum absolute atomic E-state index is 0.206. The van der Waals surface area contributed by atoms with Crippen LogP contribution in [0, 0.1) is 20.8 Å². The zero-order chi connectivity index (χ0) is 20.7. The Kier molecular flexibility index (Phi) is 5.14. The van der Waals surface area contributed by atoms with Crippen LogP contribution in [0.4, 0.5) is 0 Å². The fraction of sp³-hybridized carbons (Fsp3) is 0.300. The number of halogens is 1. The van der Waals surface area contributed by atoms with Crippen LogP contribution in [-0.2, 0) is 11.3 Å². The third-order valence-electron chi connectivity index (χ3n) is 4.55. The molecule has 0 fully saturated rings. The van der Waals surface area contributed by atoms with Crippen LogP contribution in [-0.4, -0.2) is 32.2 Å². The number of aromatic nitrogens is 4. The molecule has 0 amide bonds. The first-order valence-electron chi connectivity index (χ1n) is 9.09. The molecule has 4 aromatic rings. The van der Waals surface area contributed by atoms with E-state index in [0.29, 0.717) is 28.7 Å². The number of nitrogens with zero attached hydrogens (tertiary/aromatic N) is 4. The highest BCUT2D eigenvalue weighted by molar-refractivity contribution is 7.20. The number of fused-ring (bicyclic) bond motifs is 3. The monoisotopic (exact) mass is 430 g/mol. The molecular formula is C20H19ClN4O3S. The molecule has 9 heteroatoms. The van der Waals surface area contributed by atoms with Gasteiger partial charge in [0, 0.05) is 5.02 Å². The molecule has 0 bridgehead atoms. The molecule has 0 saturated carbocycles. The molecule has 3 aromatic heterocycles. The summed E-state index contributed by atoms with van der Waals surface area (Å²) in [6.07, 6.45) is 1.59. The molecule has 4 rings (SSSR count). The first-order chi connectivity index (χ1) is 13.9. The Morgan fingerprint density at radius 2 is 1.97 bits per heavy atom. The first kappa shape index (κ1) is 19.6. The van der Waals surface area contributed by atoms with E-state index >= 15 is 0 Å². The Hall–Kier alpha value is -2.71. The molecule has 0 spiro atoms. The molecule has 0 aliphatic heterocycles. The maximum atomic E-state index is 12.2. The van der Waals surface area contributed by atoms with Crippen molar-refractivity contribution in [2.75, 3.05) is 6.61 Å². The number of aryl methyl sites for hydroxylation is 3. The van der Waals surface area contributed by atoms with Crippen molar-refractivity contribution in [3.8, 4) is 5.75 Å². The van der Waals surface area contributed by atoms with E-state index in [-0.39, 0.29) is 12.6 Å². The summed E-state index contributed by atoms with van der Waals surface area (Å²) in [5.74, 6) is 0.887. The van der Waals surface area contributed by atoms with Crippen molar-refractivity contribution in [2.24, 2.45) is 0 Å². The van der Waals surface area contributed by atoms with Gasteiger partial charge in [0.25, 0.3) is 0 Å². The fourth-order valence-electron chi connectivity index (χ4n) is 3.17. The van der Waals surface area contributed by atoms with Crippen LogP contribution in [0.15, 0.2) is 18.5 Å². The quantitative estimate of drug-likeness (QED) is 0.428. The van der Waals surface area contributed by atoms with Crippen molar-refractivity contribution in [3.05, 3.63) is 50.9 Å². The van der Waals surface area contributed by atoms with Gasteiger partial charge in [-0.25, -0.2) is 19.3 Å². The van der Waals surface area contributed by atoms with Crippen molar-refractivity contribution < 1.29 is 14.3 Å². The standard InChI is InChI=1S/C20H19ClN4O3S/c1-5-27-20(26)17-12(4)15-18-23-14(24-25(18)9-22-19(15)29-17)8-28-13-6-10(2)16(21)11(3)7-13/h6-7,9H,5,8H2,1-4H3. The van der Waals surface area contributed by atoms with E-state index in [1.165, 1.54) is 11.3 Å². The summed E-state index contributed by atoms with van der Waals surface area (Å²) >= 11 is 7.51. The lowest BCUT2D eigenvalue weighted by Gasteiger charge is -2.08. The van der Waals surface area contributed by atoms with E-state index in [9.17, 15) is 4.79 Å². The number of hydrogen-bond donors (Lipinski definition) is 0. The molecule has 0 aliphatic rings. The van der Waals surface area contributed by atoms with E-state index in [2.05, 4.69) is 15.1 Å². The normalized spacial score (nSPS) is 11.3. The maximum Gasteiger partial charge on any atom is 0.348 e. The van der Waals surface area contributed by atoms with Gasteiger partial charge < -0.3 is 9.47 Å². The number of rotatable bonds is 5. The molecule has 0 saturated heterocycles. The van der Waals surface area contributed by atoms with Gasteiger partial charge >= 0.3 is 5.97 Å². The average molecular weight is 431 g/mol. The predicted octanol–water partition coefficient (Wildman–Crippen LogP) is 4.67. The smallest absolute Gasteiger partial charge is 0.348 e.